The van der Waals surface area contributed by atoms with Crippen LogP contribution < -0.4 is 0 Å². The maximum Gasteiger partial charge on any atom is 0.101 e. The second kappa shape index (κ2) is 3.78. The smallest absolute Gasteiger partial charge is 0.101 e. The van der Waals surface area contributed by atoms with Crippen LogP contribution in [0.4, 0.5) is 0 Å². The maximum atomic E-state index is 5.88. The Morgan fingerprint density at radius 2 is 2.07 bits per heavy atom. The van der Waals surface area contributed by atoms with E-state index in [9.17, 15) is 0 Å². The van der Waals surface area contributed by atoms with Gasteiger partial charge in [0.2, 0.25) is 0 Å². The lowest BCUT2D eigenvalue weighted by Gasteiger charge is -2.05. The van der Waals surface area contributed by atoms with Gasteiger partial charge in [-0.05, 0) is 25.2 Å². The average molecular weight is 226 g/mol. The lowest BCUT2D eigenvalue weighted by molar-refractivity contribution is 0.514. The number of hydrogen-bond acceptors (Lipinski definition) is 2. The number of alkyl halides is 1. The summed E-state index contributed by atoms with van der Waals surface area (Å²) in [6, 6.07) is 0. The van der Waals surface area contributed by atoms with Crippen molar-refractivity contribution in [2.75, 3.05) is 0 Å². The van der Waals surface area contributed by atoms with E-state index in [2.05, 4.69) is 15.0 Å². The predicted molar refractivity (Wildman–Crippen MR) is 58.9 cm³/mol. The number of rotatable bonds is 5. The molecule has 0 atom stereocenters. The highest BCUT2D eigenvalue weighted by Crippen LogP contribution is 2.42. The van der Waals surface area contributed by atoms with E-state index in [0.29, 0.717) is 11.8 Å². The lowest BCUT2D eigenvalue weighted by atomic mass is 10.2. The van der Waals surface area contributed by atoms with Crippen LogP contribution in [0, 0.1) is 5.92 Å². The Hall–Kier alpha value is -0.570. The first-order valence-electron chi connectivity index (χ1n) is 5.86. The summed E-state index contributed by atoms with van der Waals surface area (Å²) >= 11 is 5.88. The molecule has 0 spiro atoms. The van der Waals surface area contributed by atoms with Gasteiger partial charge in [0, 0.05) is 12.5 Å². The molecule has 0 bridgehead atoms. The summed E-state index contributed by atoms with van der Waals surface area (Å²) in [4.78, 5) is 0. The first-order valence-corrected chi connectivity index (χ1v) is 6.40. The fraction of sp³-hybridized carbons (Fsp3) is 0.818. The van der Waals surface area contributed by atoms with Gasteiger partial charge in [0.15, 0.2) is 0 Å². The molecule has 2 fully saturated rings. The molecule has 1 heterocycles. The van der Waals surface area contributed by atoms with Gasteiger partial charge in [-0.3, -0.25) is 0 Å². The SMILES string of the molecule is ClCc1nnn(CCC2CC2)c1C1CC1. The van der Waals surface area contributed by atoms with Gasteiger partial charge in [-0.15, -0.1) is 16.7 Å². The molecule has 0 saturated heterocycles. The van der Waals surface area contributed by atoms with Crippen LogP contribution in [-0.2, 0) is 12.4 Å². The highest BCUT2D eigenvalue weighted by Gasteiger charge is 2.31. The third-order valence-electron chi connectivity index (χ3n) is 3.38. The van der Waals surface area contributed by atoms with Gasteiger partial charge in [-0.25, -0.2) is 4.68 Å². The van der Waals surface area contributed by atoms with Gasteiger partial charge in [0.05, 0.1) is 11.6 Å². The first-order chi connectivity index (χ1) is 7.38. The lowest BCUT2D eigenvalue weighted by Crippen LogP contribution is -2.06. The van der Waals surface area contributed by atoms with Crippen LogP contribution in [0.15, 0.2) is 0 Å². The third kappa shape index (κ3) is 2.03. The number of aromatic nitrogens is 3. The fourth-order valence-electron chi connectivity index (χ4n) is 2.13. The van der Waals surface area contributed by atoms with Crippen LogP contribution in [0.5, 0.6) is 0 Å². The molecule has 2 aliphatic carbocycles. The second-order valence-electron chi connectivity index (χ2n) is 4.78. The first kappa shape index (κ1) is 9.64. The zero-order valence-corrected chi connectivity index (χ0v) is 9.58. The zero-order valence-electron chi connectivity index (χ0n) is 8.82. The van der Waals surface area contributed by atoms with Crippen molar-refractivity contribution < 1.29 is 0 Å². The van der Waals surface area contributed by atoms with E-state index in [1.807, 2.05) is 0 Å². The van der Waals surface area contributed by atoms with Gasteiger partial charge in [0.25, 0.3) is 0 Å². The van der Waals surface area contributed by atoms with Crippen LogP contribution in [0.1, 0.15) is 49.4 Å². The van der Waals surface area contributed by atoms with Crippen molar-refractivity contribution in [3.8, 4) is 0 Å². The van der Waals surface area contributed by atoms with Crippen LogP contribution in [0.2, 0.25) is 0 Å². The van der Waals surface area contributed by atoms with Crippen LogP contribution in [0.25, 0.3) is 0 Å². The third-order valence-corrected chi connectivity index (χ3v) is 3.64. The summed E-state index contributed by atoms with van der Waals surface area (Å²) in [5.41, 5.74) is 2.33. The van der Waals surface area contributed by atoms with E-state index in [4.69, 9.17) is 11.6 Å². The van der Waals surface area contributed by atoms with Crippen LogP contribution in [0.3, 0.4) is 0 Å². The van der Waals surface area contributed by atoms with Gasteiger partial charge < -0.3 is 0 Å². The molecule has 82 valence electrons. The Bertz CT molecular complexity index is 353. The summed E-state index contributed by atoms with van der Waals surface area (Å²) in [6.07, 6.45) is 6.68. The van der Waals surface area contributed by atoms with E-state index in [1.165, 1.54) is 37.8 Å². The van der Waals surface area contributed by atoms with E-state index in [-0.39, 0.29) is 0 Å². The highest BCUT2D eigenvalue weighted by molar-refractivity contribution is 6.16. The Morgan fingerprint density at radius 1 is 1.27 bits per heavy atom. The normalized spacial score (nSPS) is 20.9. The zero-order chi connectivity index (χ0) is 10.3. The minimum atomic E-state index is 0.509. The maximum absolute atomic E-state index is 5.88. The van der Waals surface area contributed by atoms with E-state index in [1.54, 1.807) is 0 Å². The van der Waals surface area contributed by atoms with E-state index < -0.39 is 0 Å². The Balaban J connectivity index is 1.75. The average Bonchev–Trinajstić information content (AvgIpc) is 3.14. The Kier molecular flexibility index (Phi) is 2.43. The molecule has 1 aromatic rings. The molecule has 0 radical (unpaired) electrons. The molecular weight excluding hydrogens is 210 g/mol. The molecule has 3 nitrogen and oxygen atoms in total. The molecule has 0 unspecified atom stereocenters. The van der Waals surface area contributed by atoms with Crippen molar-refractivity contribution in [3.05, 3.63) is 11.4 Å². The van der Waals surface area contributed by atoms with E-state index >= 15 is 0 Å². The molecule has 1 aromatic heterocycles. The van der Waals surface area contributed by atoms with Crippen molar-refractivity contribution in [1.29, 1.82) is 0 Å². The quantitative estimate of drug-likeness (QED) is 0.722. The predicted octanol–water partition coefficient (Wildman–Crippen LogP) is 2.69. The van der Waals surface area contributed by atoms with E-state index in [0.717, 1.165) is 18.2 Å². The van der Waals surface area contributed by atoms with Gasteiger partial charge in [-0.2, -0.15) is 0 Å². The van der Waals surface area contributed by atoms with Crippen molar-refractivity contribution >= 4 is 11.6 Å². The highest BCUT2D eigenvalue weighted by atomic mass is 35.5. The summed E-state index contributed by atoms with van der Waals surface area (Å²) in [5, 5.41) is 8.41. The van der Waals surface area contributed by atoms with Crippen molar-refractivity contribution in [1.82, 2.24) is 15.0 Å². The number of nitrogens with zero attached hydrogens (tertiary/aromatic N) is 3. The standard InChI is InChI=1S/C11H16ClN3/c12-7-10-11(9-3-4-9)15(14-13-10)6-5-8-1-2-8/h8-9H,1-7H2. The van der Waals surface area contributed by atoms with Crippen molar-refractivity contribution in [2.24, 2.45) is 5.92 Å². The van der Waals surface area contributed by atoms with Gasteiger partial charge >= 0.3 is 0 Å². The summed E-state index contributed by atoms with van der Waals surface area (Å²) in [7, 11) is 0. The van der Waals surface area contributed by atoms with Crippen LogP contribution in [-0.4, -0.2) is 15.0 Å². The number of aryl methyl sites for hydroxylation is 1. The largest absolute Gasteiger partial charge is 0.249 e. The molecule has 0 aliphatic heterocycles. The summed E-state index contributed by atoms with van der Waals surface area (Å²) < 4.78 is 2.10. The number of hydrogen-bond donors (Lipinski definition) is 0. The Labute approximate surface area is 94.8 Å². The topological polar surface area (TPSA) is 30.7 Å². The molecule has 0 amide bonds. The van der Waals surface area contributed by atoms with Gasteiger partial charge in [-0.1, -0.05) is 18.1 Å². The molecule has 0 aromatic carbocycles. The van der Waals surface area contributed by atoms with Crippen molar-refractivity contribution in [3.63, 3.8) is 0 Å². The fourth-order valence-corrected chi connectivity index (χ4v) is 2.32. The minimum Gasteiger partial charge on any atom is -0.249 e. The van der Waals surface area contributed by atoms with Crippen molar-refractivity contribution in [2.45, 2.75) is 50.4 Å². The summed E-state index contributed by atoms with van der Waals surface area (Å²) in [5.74, 6) is 2.17. The molecule has 3 rings (SSSR count). The molecule has 15 heavy (non-hydrogen) atoms. The minimum absolute atomic E-state index is 0.509. The monoisotopic (exact) mass is 225 g/mol. The molecule has 2 aliphatic rings. The Morgan fingerprint density at radius 3 is 2.67 bits per heavy atom. The number of halogens is 1. The second-order valence-corrected chi connectivity index (χ2v) is 5.05. The molecule has 0 N–H and O–H groups in total. The van der Waals surface area contributed by atoms with Crippen LogP contribution >= 0.6 is 11.6 Å². The van der Waals surface area contributed by atoms with Gasteiger partial charge in [0.1, 0.15) is 5.69 Å². The summed E-state index contributed by atoms with van der Waals surface area (Å²) in [6.45, 7) is 1.04. The molecule has 4 heteroatoms. The molecule has 2 saturated carbocycles. The molecular formula is C11H16ClN3.